The molecule has 0 radical (unpaired) electrons. The monoisotopic (exact) mass is 373 g/mol. The van der Waals surface area contributed by atoms with E-state index in [2.05, 4.69) is 0 Å². The van der Waals surface area contributed by atoms with Crippen molar-refractivity contribution in [1.29, 1.82) is 0 Å². The van der Waals surface area contributed by atoms with Crippen molar-refractivity contribution in [2.24, 2.45) is 11.7 Å². The fourth-order valence-electron chi connectivity index (χ4n) is 2.43. The van der Waals surface area contributed by atoms with E-state index in [0.717, 1.165) is 12.8 Å². The van der Waals surface area contributed by atoms with Crippen molar-refractivity contribution in [1.82, 2.24) is 0 Å². The van der Waals surface area contributed by atoms with E-state index in [1.54, 1.807) is 19.1 Å². The van der Waals surface area contributed by atoms with Gasteiger partial charge in [0.05, 0.1) is 12.6 Å². The van der Waals surface area contributed by atoms with Gasteiger partial charge in [-0.25, -0.2) is 12.8 Å². The molecular weight excluding hydrogens is 349 g/mol. The predicted octanol–water partition coefficient (Wildman–Crippen LogP) is 2.40. The third kappa shape index (κ3) is 5.78. The maximum absolute atomic E-state index is 12.9. The van der Waals surface area contributed by atoms with Crippen molar-refractivity contribution in [2.45, 2.75) is 30.7 Å². The van der Waals surface area contributed by atoms with Gasteiger partial charge < -0.3 is 19.9 Å². The second-order valence-electron chi connectivity index (χ2n) is 6.01. The van der Waals surface area contributed by atoms with Gasteiger partial charge in [-0.15, -0.1) is 0 Å². The predicted molar refractivity (Wildman–Crippen MR) is 91.5 cm³/mol. The Kier molecular flexibility index (Phi) is 7.37. The molecule has 1 heterocycles. The van der Waals surface area contributed by atoms with Crippen LogP contribution in [0.15, 0.2) is 41.2 Å². The Balaban J connectivity index is 2.05. The molecule has 1 saturated heterocycles. The summed E-state index contributed by atoms with van der Waals surface area (Å²) in [7, 11) is -3.74. The van der Waals surface area contributed by atoms with Gasteiger partial charge in [0.25, 0.3) is 0 Å². The number of para-hydroxylation sites is 1. The van der Waals surface area contributed by atoms with E-state index in [-0.39, 0.29) is 22.7 Å². The van der Waals surface area contributed by atoms with Crippen molar-refractivity contribution in [3.63, 3.8) is 0 Å². The molecule has 2 rings (SSSR count). The first kappa shape index (κ1) is 19.8. The lowest BCUT2D eigenvalue weighted by molar-refractivity contribution is 0.0304. The van der Waals surface area contributed by atoms with Crippen molar-refractivity contribution in [2.75, 3.05) is 25.8 Å². The van der Waals surface area contributed by atoms with E-state index < -0.39 is 21.8 Å². The maximum atomic E-state index is 12.9. The standard InChI is InChI=1S/C17H24FNO5S/c1-13(19)16(10-18)24-15-4-2-3-5-17(15)25(20,21)12-23-11-14-6-8-22-9-7-14/h2-5,10,13-14H,6-9,11-12,19H2,1H3/b16-10+. The lowest BCUT2D eigenvalue weighted by atomic mass is 10.0. The second-order valence-corrected chi connectivity index (χ2v) is 7.91. The molecular formula is C17H24FNO5S. The zero-order valence-corrected chi connectivity index (χ0v) is 15.0. The first-order valence-electron chi connectivity index (χ1n) is 8.15. The summed E-state index contributed by atoms with van der Waals surface area (Å²) in [5, 5.41) is 0. The van der Waals surface area contributed by atoms with Gasteiger partial charge in [0.2, 0.25) is 9.84 Å². The number of benzene rings is 1. The Labute approximate surface area is 147 Å². The summed E-state index contributed by atoms with van der Waals surface area (Å²) >= 11 is 0. The topological polar surface area (TPSA) is 87.9 Å². The van der Waals surface area contributed by atoms with Crippen LogP contribution in [0.3, 0.4) is 0 Å². The lowest BCUT2D eigenvalue weighted by Gasteiger charge is -2.21. The molecule has 0 bridgehead atoms. The third-order valence-electron chi connectivity index (χ3n) is 3.90. The summed E-state index contributed by atoms with van der Waals surface area (Å²) in [5.41, 5.74) is 5.60. The molecule has 140 valence electrons. The zero-order valence-electron chi connectivity index (χ0n) is 14.2. The SMILES string of the molecule is CC(N)/C(=C\F)Oc1ccccc1S(=O)(=O)COCC1CCOCC1. The number of rotatable bonds is 8. The minimum Gasteiger partial charge on any atom is -0.456 e. The summed E-state index contributed by atoms with van der Waals surface area (Å²) in [6, 6.07) is 5.33. The van der Waals surface area contributed by atoms with Gasteiger partial charge in [-0.2, -0.15) is 0 Å². The fraction of sp³-hybridized carbons (Fsp3) is 0.529. The fourth-order valence-corrected chi connectivity index (χ4v) is 3.58. The lowest BCUT2D eigenvalue weighted by Crippen LogP contribution is -2.23. The van der Waals surface area contributed by atoms with Crippen molar-refractivity contribution >= 4 is 9.84 Å². The number of sulfone groups is 1. The van der Waals surface area contributed by atoms with Crippen molar-refractivity contribution in [3.05, 3.63) is 36.4 Å². The second kappa shape index (κ2) is 9.28. The molecule has 1 unspecified atom stereocenters. The van der Waals surface area contributed by atoms with Crippen LogP contribution in [0.25, 0.3) is 0 Å². The minimum atomic E-state index is -3.74. The summed E-state index contributed by atoms with van der Waals surface area (Å²) in [6.45, 7) is 3.25. The van der Waals surface area contributed by atoms with Gasteiger partial charge in [-0.05, 0) is 37.8 Å². The smallest absolute Gasteiger partial charge is 0.206 e. The summed E-state index contributed by atoms with van der Waals surface area (Å²) in [5.74, 6) is -0.281. The van der Waals surface area contributed by atoms with Gasteiger partial charge in [0.15, 0.2) is 5.94 Å². The van der Waals surface area contributed by atoms with Crippen molar-refractivity contribution < 1.29 is 27.0 Å². The van der Waals surface area contributed by atoms with E-state index in [0.29, 0.717) is 25.7 Å². The number of hydrogen-bond donors (Lipinski definition) is 1. The van der Waals surface area contributed by atoms with Crippen LogP contribution in [-0.4, -0.2) is 40.2 Å². The molecule has 1 atom stereocenters. The Morgan fingerprint density at radius 3 is 2.72 bits per heavy atom. The molecule has 1 aliphatic heterocycles. The van der Waals surface area contributed by atoms with E-state index in [9.17, 15) is 12.8 Å². The van der Waals surface area contributed by atoms with Gasteiger partial charge in [0, 0.05) is 13.2 Å². The van der Waals surface area contributed by atoms with Crippen LogP contribution in [0.2, 0.25) is 0 Å². The Hall–Kier alpha value is -1.48. The number of hydrogen-bond acceptors (Lipinski definition) is 6. The van der Waals surface area contributed by atoms with Crippen LogP contribution in [-0.2, 0) is 19.3 Å². The Bertz CT molecular complexity index is 684. The molecule has 0 aromatic heterocycles. The molecule has 1 aromatic rings. The third-order valence-corrected chi connectivity index (χ3v) is 5.39. The molecule has 6 nitrogen and oxygen atoms in total. The van der Waals surface area contributed by atoms with E-state index in [1.807, 2.05) is 0 Å². The molecule has 0 aliphatic carbocycles. The average molecular weight is 373 g/mol. The molecule has 0 saturated carbocycles. The molecule has 2 N–H and O–H groups in total. The van der Waals surface area contributed by atoms with Crippen LogP contribution >= 0.6 is 0 Å². The highest BCUT2D eigenvalue weighted by Gasteiger charge is 2.22. The van der Waals surface area contributed by atoms with Crippen LogP contribution in [0, 0.1) is 5.92 Å². The number of nitrogens with two attached hydrogens (primary N) is 1. The molecule has 8 heteroatoms. The van der Waals surface area contributed by atoms with Crippen LogP contribution in [0.1, 0.15) is 19.8 Å². The average Bonchev–Trinajstić information content (AvgIpc) is 2.60. The highest BCUT2D eigenvalue weighted by Crippen LogP contribution is 2.27. The minimum absolute atomic E-state index is 0.0263. The first-order valence-corrected chi connectivity index (χ1v) is 9.80. The van der Waals surface area contributed by atoms with Crippen LogP contribution in [0.5, 0.6) is 5.75 Å². The largest absolute Gasteiger partial charge is 0.456 e. The highest BCUT2D eigenvalue weighted by molar-refractivity contribution is 7.91. The quantitative estimate of drug-likeness (QED) is 0.704. The molecule has 1 aromatic carbocycles. The van der Waals surface area contributed by atoms with Gasteiger partial charge >= 0.3 is 0 Å². The van der Waals surface area contributed by atoms with Crippen molar-refractivity contribution in [3.8, 4) is 5.75 Å². The molecule has 1 aliphatic rings. The molecule has 0 spiro atoms. The van der Waals surface area contributed by atoms with Crippen LogP contribution in [0.4, 0.5) is 4.39 Å². The van der Waals surface area contributed by atoms with Gasteiger partial charge in [-0.1, -0.05) is 12.1 Å². The molecule has 25 heavy (non-hydrogen) atoms. The van der Waals surface area contributed by atoms with Gasteiger partial charge in [0.1, 0.15) is 22.7 Å². The van der Waals surface area contributed by atoms with E-state index in [1.165, 1.54) is 12.1 Å². The van der Waals surface area contributed by atoms with Gasteiger partial charge in [-0.3, -0.25) is 0 Å². The zero-order chi connectivity index (χ0) is 18.3. The number of ether oxygens (including phenoxy) is 3. The highest BCUT2D eigenvalue weighted by atomic mass is 32.2. The first-order chi connectivity index (χ1) is 11.9. The normalized spacial score (nSPS) is 18.1. The summed E-state index contributed by atoms with van der Waals surface area (Å²) in [6.07, 6.45) is 1.95. The van der Waals surface area contributed by atoms with Crippen LogP contribution < -0.4 is 10.5 Å². The van der Waals surface area contributed by atoms with E-state index >= 15 is 0 Å². The maximum Gasteiger partial charge on any atom is 0.206 e. The molecule has 1 fully saturated rings. The Morgan fingerprint density at radius 1 is 1.40 bits per heavy atom. The summed E-state index contributed by atoms with van der Waals surface area (Å²) in [4.78, 5) is -0.0537. The Morgan fingerprint density at radius 2 is 2.08 bits per heavy atom. The van der Waals surface area contributed by atoms with E-state index in [4.69, 9.17) is 19.9 Å². The number of halogens is 1. The summed E-state index contributed by atoms with van der Waals surface area (Å²) < 4.78 is 54.0. The molecule has 0 amide bonds.